The predicted octanol–water partition coefficient (Wildman–Crippen LogP) is 2.66. The Morgan fingerprint density at radius 1 is 1.29 bits per heavy atom. The van der Waals surface area contributed by atoms with Gasteiger partial charge in [-0.2, -0.15) is 0 Å². The van der Waals surface area contributed by atoms with Crippen molar-refractivity contribution in [2.75, 3.05) is 6.54 Å². The molecule has 4 heteroatoms. The molecular formula is C20H31NO3. The fourth-order valence-electron chi connectivity index (χ4n) is 4.05. The monoisotopic (exact) mass is 333 g/mol. The summed E-state index contributed by atoms with van der Waals surface area (Å²) in [5, 5.41) is 23.4. The van der Waals surface area contributed by atoms with E-state index in [1.807, 2.05) is 24.3 Å². The van der Waals surface area contributed by atoms with Crippen LogP contribution >= 0.6 is 0 Å². The third kappa shape index (κ3) is 4.17. The second-order valence-corrected chi connectivity index (χ2v) is 7.59. The molecule has 3 N–H and O–H groups in total. The van der Waals surface area contributed by atoms with E-state index in [1.165, 1.54) is 0 Å². The third-order valence-corrected chi connectivity index (χ3v) is 5.41. The first-order valence-corrected chi connectivity index (χ1v) is 9.06. The Morgan fingerprint density at radius 2 is 1.96 bits per heavy atom. The molecule has 2 rings (SSSR count). The van der Waals surface area contributed by atoms with Crippen molar-refractivity contribution in [1.29, 1.82) is 0 Å². The zero-order chi connectivity index (χ0) is 17.7. The lowest BCUT2D eigenvalue weighted by atomic mass is 9.66. The van der Waals surface area contributed by atoms with Crippen LogP contribution in [0.3, 0.4) is 0 Å². The van der Waals surface area contributed by atoms with Gasteiger partial charge in [0.25, 0.3) is 5.91 Å². The van der Waals surface area contributed by atoms with Crippen molar-refractivity contribution < 1.29 is 15.0 Å². The van der Waals surface area contributed by atoms with Gasteiger partial charge in [0.1, 0.15) is 5.60 Å². The fourth-order valence-corrected chi connectivity index (χ4v) is 4.05. The minimum atomic E-state index is -1.26. The molecule has 2 unspecified atom stereocenters. The van der Waals surface area contributed by atoms with Crippen molar-refractivity contribution in [3.8, 4) is 0 Å². The van der Waals surface area contributed by atoms with Gasteiger partial charge in [0.2, 0.25) is 0 Å². The van der Waals surface area contributed by atoms with Crippen LogP contribution in [0.2, 0.25) is 0 Å². The van der Waals surface area contributed by atoms with E-state index in [1.54, 1.807) is 0 Å². The molecule has 1 aromatic rings. The zero-order valence-electron chi connectivity index (χ0n) is 15.1. The summed E-state index contributed by atoms with van der Waals surface area (Å²) in [6.45, 7) is 6.73. The molecule has 0 radical (unpaired) electrons. The van der Waals surface area contributed by atoms with Gasteiger partial charge in [-0.05, 0) is 48.1 Å². The largest absolute Gasteiger partial charge is 0.392 e. The summed E-state index contributed by atoms with van der Waals surface area (Å²) in [6, 6.07) is 7.68. The number of aliphatic hydroxyl groups is 2. The Kier molecular flexibility index (Phi) is 6.41. The van der Waals surface area contributed by atoms with E-state index in [4.69, 9.17) is 0 Å². The molecule has 1 aliphatic carbocycles. The standard InChI is InChI=1S/C20H31NO3/c1-14(2)18-9-8-15(3)12-20(18,24)19(23)21-11-10-16-6-4-5-7-17(16)13-22/h4-7,14-15,18,22,24H,8-13H2,1-3H3,(H,21,23)/t15?,18?,20-/m1/s1. The van der Waals surface area contributed by atoms with Crippen molar-refractivity contribution in [2.24, 2.45) is 17.8 Å². The molecule has 0 aromatic heterocycles. The van der Waals surface area contributed by atoms with Crippen LogP contribution in [0.25, 0.3) is 0 Å². The predicted molar refractivity (Wildman–Crippen MR) is 95.4 cm³/mol. The van der Waals surface area contributed by atoms with Crippen LogP contribution in [0.15, 0.2) is 24.3 Å². The molecule has 0 spiro atoms. The van der Waals surface area contributed by atoms with Crippen molar-refractivity contribution in [1.82, 2.24) is 5.32 Å². The fraction of sp³-hybridized carbons (Fsp3) is 0.650. The molecule has 1 aromatic carbocycles. The summed E-state index contributed by atoms with van der Waals surface area (Å²) in [4.78, 5) is 12.7. The number of hydrogen-bond acceptors (Lipinski definition) is 3. The van der Waals surface area contributed by atoms with Gasteiger partial charge in [-0.3, -0.25) is 4.79 Å². The van der Waals surface area contributed by atoms with Crippen molar-refractivity contribution in [3.05, 3.63) is 35.4 Å². The maximum atomic E-state index is 12.7. The van der Waals surface area contributed by atoms with Crippen LogP contribution in [0, 0.1) is 17.8 Å². The lowest BCUT2D eigenvalue weighted by molar-refractivity contribution is -0.155. The highest BCUT2D eigenvalue weighted by molar-refractivity contribution is 5.85. The number of aliphatic hydroxyl groups excluding tert-OH is 1. The van der Waals surface area contributed by atoms with E-state index in [-0.39, 0.29) is 24.3 Å². The van der Waals surface area contributed by atoms with E-state index in [2.05, 4.69) is 26.1 Å². The molecule has 134 valence electrons. The van der Waals surface area contributed by atoms with Gasteiger partial charge in [0.15, 0.2) is 0 Å². The molecule has 24 heavy (non-hydrogen) atoms. The van der Waals surface area contributed by atoms with Gasteiger partial charge in [-0.15, -0.1) is 0 Å². The van der Waals surface area contributed by atoms with Gasteiger partial charge >= 0.3 is 0 Å². The van der Waals surface area contributed by atoms with Crippen LogP contribution in [0.1, 0.15) is 51.2 Å². The number of carbonyl (C=O) groups is 1. The molecule has 0 aliphatic heterocycles. The first kappa shape index (κ1) is 18.9. The number of hydrogen-bond donors (Lipinski definition) is 3. The maximum Gasteiger partial charge on any atom is 0.252 e. The van der Waals surface area contributed by atoms with E-state index in [0.29, 0.717) is 25.3 Å². The summed E-state index contributed by atoms with van der Waals surface area (Å²) in [5.74, 6) is 0.418. The lowest BCUT2D eigenvalue weighted by Crippen LogP contribution is -2.56. The summed E-state index contributed by atoms with van der Waals surface area (Å²) in [5.41, 5.74) is 0.656. The highest BCUT2D eigenvalue weighted by atomic mass is 16.3. The molecule has 0 saturated heterocycles. The SMILES string of the molecule is CC1CCC(C(C)C)[C@@](O)(C(=O)NCCc2ccccc2CO)C1. The van der Waals surface area contributed by atoms with E-state index in [0.717, 1.165) is 24.0 Å². The molecule has 1 aliphatic rings. The second-order valence-electron chi connectivity index (χ2n) is 7.59. The van der Waals surface area contributed by atoms with E-state index in [9.17, 15) is 15.0 Å². The highest BCUT2D eigenvalue weighted by Crippen LogP contribution is 2.41. The minimum Gasteiger partial charge on any atom is -0.392 e. The van der Waals surface area contributed by atoms with Gasteiger partial charge in [-0.25, -0.2) is 0 Å². The van der Waals surface area contributed by atoms with Gasteiger partial charge in [0, 0.05) is 6.54 Å². The smallest absolute Gasteiger partial charge is 0.252 e. The summed E-state index contributed by atoms with van der Waals surface area (Å²) in [7, 11) is 0. The third-order valence-electron chi connectivity index (χ3n) is 5.41. The lowest BCUT2D eigenvalue weighted by Gasteiger charge is -2.43. The average molecular weight is 333 g/mol. The van der Waals surface area contributed by atoms with Crippen LogP contribution in [0.4, 0.5) is 0 Å². The van der Waals surface area contributed by atoms with E-state index < -0.39 is 5.60 Å². The number of nitrogens with one attached hydrogen (secondary N) is 1. The van der Waals surface area contributed by atoms with Crippen molar-refractivity contribution >= 4 is 5.91 Å². The Labute approximate surface area is 145 Å². The summed E-state index contributed by atoms with van der Waals surface area (Å²) >= 11 is 0. The van der Waals surface area contributed by atoms with Crippen molar-refractivity contribution in [2.45, 2.75) is 58.7 Å². The highest BCUT2D eigenvalue weighted by Gasteiger charge is 2.48. The molecule has 0 bridgehead atoms. The summed E-state index contributed by atoms with van der Waals surface area (Å²) < 4.78 is 0. The average Bonchev–Trinajstić information content (AvgIpc) is 2.54. The topological polar surface area (TPSA) is 69.6 Å². The van der Waals surface area contributed by atoms with Gasteiger partial charge in [0.05, 0.1) is 6.61 Å². The first-order chi connectivity index (χ1) is 11.4. The Hall–Kier alpha value is -1.39. The normalized spacial score (nSPS) is 27.2. The maximum absolute atomic E-state index is 12.7. The Balaban J connectivity index is 1.99. The van der Waals surface area contributed by atoms with E-state index >= 15 is 0 Å². The number of benzene rings is 1. The number of amides is 1. The van der Waals surface area contributed by atoms with Gasteiger partial charge in [-0.1, -0.05) is 51.5 Å². The number of carbonyl (C=O) groups excluding carboxylic acids is 1. The zero-order valence-corrected chi connectivity index (χ0v) is 15.1. The van der Waals surface area contributed by atoms with Crippen molar-refractivity contribution in [3.63, 3.8) is 0 Å². The second kappa shape index (κ2) is 8.13. The molecular weight excluding hydrogens is 302 g/mol. The molecule has 1 saturated carbocycles. The summed E-state index contributed by atoms with van der Waals surface area (Å²) in [6.07, 6.45) is 3.16. The molecule has 1 fully saturated rings. The van der Waals surface area contributed by atoms with Gasteiger partial charge < -0.3 is 15.5 Å². The van der Waals surface area contributed by atoms with Crippen LogP contribution in [-0.2, 0) is 17.8 Å². The van der Waals surface area contributed by atoms with Crippen LogP contribution in [-0.4, -0.2) is 28.3 Å². The molecule has 4 nitrogen and oxygen atoms in total. The molecule has 0 heterocycles. The quantitative estimate of drug-likeness (QED) is 0.749. The molecule has 3 atom stereocenters. The number of rotatable bonds is 6. The Bertz CT molecular complexity index is 558. The first-order valence-electron chi connectivity index (χ1n) is 9.06. The Morgan fingerprint density at radius 3 is 2.58 bits per heavy atom. The van der Waals surface area contributed by atoms with Crippen LogP contribution in [0.5, 0.6) is 0 Å². The molecule has 1 amide bonds. The van der Waals surface area contributed by atoms with Crippen LogP contribution < -0.4 is 5.32 Å². The minimum absolute atomic E-state index is 0.000988.